The number of alkyl halides is 7. The van der Waals surface area contributed by atoms with E-state index in [9.17, 15) is 30.7 Å². The molecule has 0 spiro atoms. The summed E-state index contributed by atoms with van der Waals surface area (Å²) in [7, 11) is 0. The average Bonchev–Trinajstić information content (AvgIpc) is 3.08. The van der Waals surface area contributed by atoms with E-state index in [1.54, 1.807) is 12.3 Å². The van der Waals surface area contributed by atoms with Gasteiger partial charge in [-0.2, -0.15) is 26.3 Å². The van der Waals surface area contributed by atoms with Crippen LogP contribution in [0.3, 0.4) is 0 Å². The van der Waals surface area contributed by atoms with Gasteiger partial charge in [-0.25, -0.2) is 4.39 Å². The normalized spacial score (nSPS) is 13.8. The number of aromatic nitrogens is 1. The number of hydrogen-bond donors (Lipinski definition) is 0. The topological polar surface area (TPSA) is 12.9 Å². The lowest BCUT2D eigenvalue weighted by atomic mass is 9.44. The Morgan fingerprint density at radius 2 is 1.31 bits per heavy atom. The molecule has 0 radical (unpaired) electrons. The summed E-state index contributed by atoms with van der Waals surface area (Å²) >= 11 is 0. The van der Waals surface area contributed by atoms with Crippen LogP contribution in [0.15, 0.2) is 60.8 Å². The molecule has 0 saturated carbocycles. The second-order valence-electron chi connectivity index (χ2n) is 9.34. The van der Waals surface area contributed by atoms with Crippen LogP contribution in [0.4, 0.5) is 30.7 Å². The van der Waals surface area contributed by atoms with Crippen molar-refractivity contribution in [1.82, 2.24) is 4.98 Å². The molecule has 3 aromatic carbocycles. The van der Waals surface area contributed by atoms with E-state index in [0.29, 0.717) is 17.5 Å². The van der Waals surface area contributed by atoms with Gasteiger partial charge in [0.05, 0.1) is 5.69 Å². The van der Waals surface area contributed by atoms with E-state index in [4.69, 9.17) is 0 Å². The second-order valence-corrected chi connectivity index (χ2v) is 9.34. The Bertz CT molecular complexity index is 1490. The van der Waals surface area contributed by atoms with E-state index in [1.165, 1.54) is 6.07 Å². The average molecular weight is 501 g/mol. The highest BCUT2D eigenvalue weighted by Gasteiger charge is 2.73. The lowest BCUT2D eigenvalue weighted by Gasteiger charge is -2.30. The van der Waals surface area contributed by atoms with Gasteiger partial charge in [-0.3, -0.25) is 4.98 Å². The summed E-state index contributed by atoms with van der Waals surface area (Å²) in [6.45, 7) is 5.65. The first-order chi connectivity index (χ1) is 16.7. The number of rotatable bonds is 2. The third kappa shape index (κ3) is 3.43. The quantitative estimate of drug-likeness (QED) is 0.212. The van der Waals surface area contributed by atoms with E-state index in [2.05, 4.69) is 4.98 Å². The summed E-state index contributed by atoms with van der Waals surface area (Å²) in [4.78, 5) is 4.62. The zero-order chi connectivity index (χ0) is 26.2. The van der Waals surface area contributed by atoms with Gasteiger partial charge in [0.2, 0.25) is 6.71 Å². The largest absolute Gasteiger partial charge is 0.435 e. The molecule has 5 rings (SSSR count). The molecule has 36 heavy (non-hydrogen) atoms. The van der Waals surface area contributed by atoms with Gasteiger partial charge >= 0.3 is 18.0 Å². The zero-order valence-electron chi connectivity index (χ0n) is 19.4. The third-order valence-corrected chi connectivity index (χ3v) is 6.88. The molecule has 0 bridgehead atoms. The van der Waals surface area contributed by atoms with Crippen molar-refractivity contribution >= 4 is 28.4 Å². The summed E-state index contributed by atoms with van der Waals surface area (Å²) in [6.07, 6.45) is -10.6. The molecule has 0 atom stereocenters. The van der Waals surface area contributed by atoms with Crippen molar-refractivity contribution in [3.05, 3.63) is 77.5 Å². The highest BCUT2D eigenvalue weighted by atomic mass is 19.4. The molecule has 0 N–H and O–H groups in total. The number of nitrogens with zero attached hydrogens (tertiary/aromatic N) is 1. The lowest BCUT2D eigenvalue weighted by molar-refractivity contribution is -0.348. The fourth-order valence-corrected chi connectivity index (χ4v) is 5.39. The van der Waals surface area contributed by atoms with Gasteiger partial charge in [0.1, 0.15) is 0 Å². The number of pyridine rings is 1. The van der Waals surface area contributed by atoms with Gasteiger partial charge < -0.3 is 0 Å². The standard InChI is InChI=1S/C27H19BF7N/c1-14-10-15(2)12-17(11-14)24-23-21(8-9-36-24)20-6-4-16-13-18(5-7-19(16)22(20)28(23)3)25(29,26(30,31)32)27(33,34)35/h4-13H,1-3H3. The SMILES string of the molecule is CB1c2c(ccnc2-c2cc(C)cc(C)c2)-c2ccc3cc(C(F)(C(F)(F)F)C(F)(F)F)ccc3c21. The number of aryl methyl sites for hydroxylation is 2. The molecule has 0 fully saturated rings. The van der Waals surface area contributed by atoms with E-state index < -0.39 is 23.6 Å². The van der Waals surface area contributed by atoms with E-state index in [0.717, 1.165) is 50.5 Å². The van der Waals surface area contributed by atoms with Crippen molar-refractivity contribution in [2.75, 3.05) is 0 Å². The predicted molar refractivity (Wildman–Crippen MR) is 128 cm³/mol. The minimum atomic E-state index is -6.16. The Kier molecular flexibility index (Phi) is 5.29. The molecule has 0 amide bonds. The second kappa shape index (κ2) is 7.82. The maximum Gasteiger partial charge on any atom is 0.435 e. The molecular formula is C27H19BF7N. The Labute approximate surface area is 203 Å². The first-order valence-electron chi connectivity index (χ1n) is 11.2. The summed E-state index contributed by atoms with van der Waals surface area (Å²) in [5.41, 5.74) is 0.275. The van der Waals surface area contributed by atoms with Crippen LogP contribution in [0, 0.1) is 13.8 Å². The van der Waals surface area contributed by atoms with Gasteiger partial charge in [0.25, 0.3) is 0 Å². The zero-order valence-corrected chi connectivity index (χ0v) is 19.4. The maximum absolute atomic E-state index is 14.7. The molecule has 9 heteroatoms. The van der Waals surface area contributed by atoms with E-state index in [-0.39, 0.29) is 12.1 Å². The van der Waals surface area contributed by atoms with Crippen molar-refractivity contribution in [2.24, 2.45) is 0 Å². The van der Waals surface area contributed by atoms with Crippen LogP contribution in [0.2, 0.25) is 6.82 Å². The van der Waals surface area contributed by atoms with Crippen LogP contribution in [0.1, 0.15) is 16.7 Å². The van der Waals surface area contributed by atoms with Crippen molar-refractivity contribution in [3.63, 3.8) is 0 Å². The number of benzene rings is 3. The van der Waals surface area contributed by atoms with Gasteiger partial charge in [0.15, 0.2) is 0 Å². The van der Waals surface area contributed by atoms with Crippen molar-refractivity contribution in [1.29, 1.82) is 0 Å². The molecule has 0 aliphatic carbocycles. The minimum absolute atomic E-state index is 0.0994. The molecule has 1 aromatic heterocycles. The van der Waals surface area contributed by atoms with Gasteiger partial charge in [-0.1, -0.05) is 53.7 Å². The maximum atomic E-state index is 14.7. The molecule has 0 unspecified atom stereocenters. The van der Waals surface area contributed by atoms with Crippen molar-refractivity contribution in [3.8, 4) is 22.4 Å². The molecule has 1 aliphatic heterocycles. The number of fused-ring (bicyclic) bond motifs is 5. The Hall–Kier alpha value is -3.36. The van der Waals surface area contributed by atoms with Crippen molar-refractivity contribution in [2.45, 2.75) is 38.7 Å². The minimum Gasteiger partial charge on any atom is -0.257 e. The third-order valence-electron chi connectivity index (χ3n) is 6.88. The Morgan fingerprint density at radius 3 is 1.92 bits per heavy atom. The van der Waals surface area contributed by atoms with Gasteiger partial charge in [0, 0.05) is 17.3 Å². The van der Waals surface area contributed by atoms with Crippen LogP contribution in [0.25, 0.3) is 33.2 Å². The highest BCUT2D eigenvalue weighted by Crippen LogP contribution is 2.53. The van der Waals surface area contributed by atoms with Gasteiger partial charge in [-0.05, 0) is 65.5 Å². The first kappa shape index (κ1) is 24.3. The molecular weight excluding hydrogens is 482 g/mol. The van der Waals surface area contributed by atoms with Crippen LogP contribution < -0.4 is 10.9 Å². The van der Waals surface area contributed by atoms with Crippen LogP contribution in [0.5, 0.6) is 0 Å². The summed E-state index contributed by atoms with van der Waals surface area (Å²) in [5, 5.41) is 0.570. The molecule has 2 heterocycles. The Morgan fingerprint density at radius 1 is 0.694 bits per heavy atom. The van der Waals surface area contributed by atoms with E-state index >= 15 is 0 Å². The monoisotopic (exact) mass is 501 g/mol. The number of hydrogen-bond acceptors (Lipinski definition) is 1. The number of halogens is 7. The fraction of sp³-hybridized carbons (Fsp3) is 0.222. The van der Waals surface area contributed by atoms with E-state index in [1.807, 2.05) is 44.9 Å². The summed E-state index contributed by atoms with van der Waals surface area (Å²) in [5.74, 6) is 0. The summed E-state index contributed by atoms with van der Waals surface area (Å²) < 4.78 is 94.5. The fourth-order valence-electron chi connectivity index (χ4n) is 5.39. The summed E-state index contributed by atoms with van der Waals surface area (Å²) in [6, 6.07) is 13.4. The predicted octanol–water partition coefficient (Wildman–Crippen LogP) is 7.03. The smallest absolute Gasteiger partial charge is 0.257 e. The molecule has 1 aliphatic rings. The molecule has 0 saturated heterocycles. The van der Waals surface area contributed by atoms with Crippen LogP contribution in [-0.4, -0.2) is 24.0 Å². The van der Waals surface area contributed by atoms with Gasteiger partial charge in [-0.15, -0.1) is 0 Å². The molecule has 184 valence electrons. The van der Waals surface area contributed by atoms with Crippen LogP contribution >= 0.6 is 0 Å². The first-order valence-corrected chi connectivity index (χ1v) is 11.2. The lowest BCUT2D eigenvalue weighted by Crippen LogP contribution is -2.50. The van der Waals surface area contributed by atoms with Crippen LogP contribution in [-0.2, 0) is 5.67 Å². The van der Waals surface area contributed by atoms with Crippen molar-refractivity contribution < 1.29 is 30.7 Å². The Balaban J connectivity index is 1.70. The molecule has 1 nitrogen and oxygen atoms in total. The highest BCUT2D eigenvalue weighted by molar-refractivity contribution is 6.91. The molecule has 4 aromatic rings.